The number of carbonyl (C=O) groups is 1. The minimum Gasteiger partial charge on any atom is -0.465 e. The maximum absolute atomic E-state index is 12.5. The van der Waals surface area contributed by atoms with Crippen molar-refractivity contribution in [1.82, 2.24) is 9.97 Å². The Balaban J connectivity index is 2.42. The minimum atomic E-state index is -3.35. The molecule has 0 amide bonds. The first kappa shape index (κ1) is 19.5. The fourth-order valence-corrected chi connectivity index (χ4v) is 3.32. The number of hydrogen-bond donors (Lipinski definition) is 1. The molecule has 0 aliphatic heterocycles. The Morgan fingerprint density at radius 1 is 1.16 bits per heavy atom. The molecule has 0 aliphatic rings. The number of ether oxygens (including phenoxy) is 1. The zero-order valence-electron chi connectivity index (χ0n) is 14.5. The third kappa shape index (κ3) is 4.83. The first-order chi connectivity index (χ1) is 11.9. The Morgan fingerprint density at radius 3 is 2.24 bits per heavy atom. The third-order valence-electron chi connectivity index (χ3n) is 3.63. The van der Waals surface area contributed by atoms with Gasteiger partial charge in [-0.3, -0.25) is 9.36 Å². The third-order valence-corrected chi connectivity index (χ3v) is 5.43. The van der Waals surface area contributed by atoms with Gasteiger partial charge in [-0.15, -0.1) is 0 Å². The summed E-state index contributed by atoms with van der Waals surface area (Å²) in [6.45, 7) is 1.95. The molecule has 2 aromatic rings. The Morgan fingerprint density at radius 2 is 1.72 bits per heavy atom. The van der Waals surface area contributed by atoms with Gasteiger partial charge in [0.1, 0.15) is 6.04 Å². The van der Waals surface area contributed by atoms with Crippen molar-refractivity contribution in [3.05, 3.63) is 35.7 Å². The highest BCUT2D eigenvalue weighted by molar-refractivity contribution is 7.52. The largest absolute Gasteiger partial charge is 0.465 e. The summed E-state index contributed by atoms with van der Waals surface area (Å²) in [5.41, 5.74) is 8.09. The summed E-state index contributed by atoms with van der Waals surface area (Å²) in [6, 6.07) is 6.37. The van der Waals surface area contributed by atoms with Crippen molar-refractivity contribution in [1.29, 1.82) is 0 Å². The number of para-hydroxylation sites is 2. The molecule has 1 atom stereocenters. The van der Waals surface area contributed by atoms with Gasteiger partial charge < -0.3 is 19.5 Å². The molecule has 0 saturated carbocycles. The van der Waals surface area contributed by atoms with Gasteiger partial charge in [-0.05, 0) is 19.1 Å². The highest BCUT2D eigenvalue weighted by Crippen LogP contribution is 2.49. The van der Waals surface area contributed by atoms with E-state index in [1.807, 2.05) is 12.1 Å². The molecule has 1 aromatic heterocycles. The summed E-state index contributed by atoms with van der Waals surface area (Å²) < 4.78 is 27.4. The van der Waals surface area contributed by atoms with Crippen molar-refractivity contribution in [2.24, 2.45) is 5.73 Å². The van der Waals surface area contributed by atoms with Crippen LogP contribution in [0.25, 0.3) is 11.0 Å². The van der Waals surface area contributed by atoms with Gasteiger partial charge in [-0.25, -0.2) is 9.97 Å². The van der Waals surface area contributed by atoms with Crippen LogP contribution < -0.4 is 5.73 Å². The molecule has 25 heavy (non-hydrogen) atoms. The van der Waals surface area contributed by atoms with Crippen molar-refractivity contribution in [3.8, 4) is 0 Å². The molecule has 0 fully saturated rings. The van der Waals surface area contributed by atoms with E-state index in [0.717, 1.165) is 0 Å². The van der Waals surface area contributed by atoms with Crippen LogP contribution in [0.3, 0.4) is 0 Å². The van der Waals surface area contributed by atoms with Gasteiger partial charge in [-0.2, -0.15) is 0 Å². The highest BCUT2D eigenvalue weighted by Gasteiger charge is 2.27. The topological polar surface area (TPSA) is 114 Å². The predicted molar refractivity (Wildman–Crippen MR) is 93.2 cm³/mol. The van der Waals surface area contributed by atoms with Crippen molar-refractivity contribution in [2.45, 2.75) is 25.5 Å². The number of nitrogens with zero attached hydrogens (tertiary/aromatic N) is 2. The fraction of sp³-hybridized carbons (Fsp3) is 0.438. The molecule has 1 heterocycles. The Kier molecular flexibility index (Phi) is 6.61. The fourth-order valence-electron chi connectivity index (χ4n) is 2.29. The number of fused-ring (bicyclic) bond motifs is 1. The van der Waals surface area contributed by atoms with E-state index in [9.17, 15) is 9.36 Å². The number of rotatable bonds is 8. The summed E-state index contributed by atoms with van der Waals surface area (Å²) in [5.74, 6) is -0.523. The first-order valence-electron chi connectivity index (χ1n) is 7.79. The average molecular weight is 367 g/mol. The second kappa shape index (κ2) is 8.49. The summed E-state index contributed by atoms with van der Waals surface area (Å²) in [5, 5.41) is 0. The van der Waals surface area contributed by atoms with Crippen LogP contribution in [0.4, 0.5) is 0 Å². The average Bonchev–Trinajstić information content (AvgIpc) is 2.62. The zero-order valence-corrected chi connectivity index (χ0v) is 15.4. The van der Waals surface area contributed by atoms with E-state index in [4.69, 9.17) is 19.5 Å². The van der Waals surface area contributed by atoms with Crippen molar-refractivity contribution in [3.63, 3.8) is 0 Å². The van der Waals surface area contributed by atoms with Crippen molar-refractivity contribution in [2.75, 3.05) is 20.8 Å². The van der Waals surface area contributed by atoms with E-state index in [1.165, 1.54) is 14.2 Å². The summed E-state index contributed by atoms with van der Waals surface area (Å²) >= 11 is 0. The first-order valence-corrected chi connectivity index (χ1v) is 9.52. The minimum absolute atomic E-state index is 0.0668. The van der Waals surface area contributed by atoms with E-state index in [2.05, 4.69) is 9.97 Å². The van der Waals surface area contributed by atoms with Gasteiger partial charge in [0.2, 0.25) is 0 Å². The number of aromatic nitrogens is 2. The number of carbonyl (C=O) groups excluding carboxylic acids is 1. The molecule has 1 aromatic carbocycles. The second-order valence-electron chi connectivity index (χ2n) is 5.30. The highest BCUT2D eigenvalue weighted by atomic mass is 31.2. The van der Waals surface area contributed by atoms with Crippen LogP contribution in [0.15, 0.2) is 24.3 Å². The van der Waals surface area contributed by atoms with E-state index in [-0.39, 0.29) is 19.2 Å². The molecular formula is C16H22N3O5P. The predicted octanol–water partition coefficient (Wildman–Crippen LogP) is 2.05. The summed E-state index contributed by atoms with van der Waals surface area (Å²) in [7, 11) is -0.731. The number of benzene rings is 1. The summed E-state index contributed by atoms with van der Waals surface area (Å²) in [6.07, 6.45) is 0.0438. The van der Waals surface area contributed by atoms with Gasteiger partial charge in [0.25, 0.3) is 0 Å². The molecule has 2 rings (SSSR count). The van der Waals surface area contributed by atoms with Crippen molar-refractivity contribution >= 4 is 24.6 Å². The molecule has 0 aliphatic carbocycles. The van der Waals surface area contributed by atoms with Crippen LogP contribution in [0, 0.1) is 0 Å². The van der Waals surface area contributed by atoms with Gasteiger partial charge in [0.05, 0.1) is 35.2 Å². The van der Waals surface area contributed by atoms with Gasteiger partial charge in [-0.1, -0.05) is 12.1 Å². The van der Waals surface area contributed by atoms with E-state index < -0.39 is 19.6 Å². The van der Waals surface area contributed by atoms with Crippen LogP contribution in [0.5, 0.6) is 0 Å². The lowest BCUT2D eigenvalue weighted by atomic mass is 10.1. The lowest BCUT2D eigenvalue weighted by Gasteiger charge is -2.17. The zero-order chi connectivity index (χ0) is 18.4. The molecule has 0 saturated heterocycles. The van der Waals surface area contributed by atoms with Crippen LogP contribution in [0.2, 0.25) is 0 Å². The van der Waals surface area contributed by atoms with Crippen LogP contribution in [-0.4, -0.2) is 42.8 Å². The molecule has 2 N–H and O–H groups in total. The quantitative estimate of drug-likeness (QED) is 0.557. The molecule has 8 nitrogen and oxygen atoms in total. The summed E-state index contributed by atoms with van der Waals surface area (Å²) in [4.78, 5) is 20.9. The van der Waals surface area contributed by atoms with Gasteiger partial charge >= 0.3 is 13.6 Å². The Labute approximate surface area is 146 Å². The van der Waals surface area contributed by atoms with Gasteiger partial charge in [0.15, 0.2) is 0 Å². The van der Waals surface area contributed by atoms with E-state index in [0.29, 0.717) is 22.4 Å². The molecule has 0 bridgehead atoms. The Bertz CT molecular complexity index is 790. The lowest BCUT2D eigenvalue weighted by Crippen LogP contribution is -2.35. The molecule has 9 heteroatoms. The SMILES string of the molecule is CCOC(=O)C(N)Cc1nc2ccccc2nc1CP(=O)(OC)OC. The second-order valence-corrected chi connectivity index (χ2v) is 7.57. The van der Waals surface area contributed by atoms with Crippen molar-refractivity contribution < 1.29 is 23.1 Å². The Hall–Kier alpha value is -1.86. The molecule has 1 unspecified atom stereocenters. The van der Waals surface area contributed by atoms with Crippen LogP contribution in [-0.2, 0) is 35.7 Å². The van der Waals surface area contributed by atoms with Crippen LogP contribution >= 0.6 is 7.60 Å². The maximum Gasteiger partial charge on any atom is 0.336 e. The number of hydrogen-bond acceptors (Lipinski definition) is 8. The molecule has 136 valence electrons. The normalized spacial score (nSPS) is 13.0. The van der Waals surface area contributed by atoms with E-state index in [1.54, 1.807) is 19.1 Å². The van der Waals surface area contributed by atoms with Crippen LogP contribution in [0.1, 0.15) is 18.3 Å². The molecule has 0 spiro atoms. The number of esters is 1. The smallest absolute Gasteiger partial charge is 0.336 e. The molecule has 0 radical (unpaired) electrons. The van der Waals surface area contributed by atoms with E-state index >= 15 is 0 Å². The number of nitrogens with two attached hydrogens (primary N) is 1. The van der Waals surface area contributed by atoms with Gasteiger partial charge in [0, 0.05) is 20.6 Å². The monoisotopic (exact) mass is 367 g/mol. The maximum atomic E-state index is 12.5. The standard InChI is InChI=1S/C16H22N3O5P/c1-4-24-16(20)11(17)9-14-15(10-25(21,22-2)23-3)19-13-8-6-5-7-12(13)18-14/h5-8,11H,4,9-10,17H2,1-3H3. The molecular weight excluding hydrogens is 345 g/mol. The lowest BCUT2D eigenvalue weighted by molar-refractivity contribution is -0.144.